The van der Waals surface area contributed by atoms with Gasteiger partial charge in [0.25, 0.3) is 6.47 Å². The van der Waals surface area contributed by atoms with Crippen molar-refractivity contribution in [3.8, 4) is 11.4 Å². The third-order valence-electron chi connectivity index (χ3n) is 6.00. The molecule has 27 heavy (non-hydrogen) atoms. The van der Waals surface area contributed by atoms with Gasteiger partial charge >= 0.3 is 0 Å². The molecule has 1 N–H and O–H groups in total. The summed E-state index contributed by atoms with van der Waals surface area (Å²) in [5, 5.41) is 8.07. The molecular weight excluding hydrogens is 340 g/mol. The van der Waals surface area contributed by atoms with Crippen LogP contribution in [0.5, 0.6) is 0 Å². The van der Waals surface area contributed by atoms with Gasteiger partial charge in [0.2, 0.25) is 0 Å². The summed E-state index contributed by atoms with van der Waals surface area (Å²) in [6.45, 7) is 2.20. The number of carboxylic acid groups (broad SMARTS) is 1. The maximum absolute atomic E-state index is 8.36. The van der Waals surface area contributed by atoms with Crippen molar-refractivity contribution < 1.29 is 9.90 Å². The number of piperidine rings is 1. The average Bonchev–Trinajstić information content (AvgIpc) is 3.16. The van der Waals surface area contributed by atoms with Gasteiger partial charge in [-0.2, -0.15) is 0 Å². The van der Waals surface area contributed by atoms with Crippen molar-refractivity contribution in [2.24, 2.45) is 5.41 Å². The number of carbonyl (C=O) groups is 1. The molecule has 0 amide bonds. The number of benzene rings is 1. The molecular formula is C21H24N4O2. The van der Waals surface area contributed by atoms with Crippen LogP contribution in [0, 0.1) is 5.41 Å². The van der Waals surface area contributed by atoms with Crippen molar-refractivity contribution >= 4 is 17.4 Å². The third-order valence-corrected chi connectivity index (χ3v) is 6.00. The van der Waals surface area contributed by atoms with E-state index in [1.165, 1.54) is 43.3 Å². The summed E-state index contributed by atoms with van der Waals surface area (Å²) in [6, 6.07) is 11.2. The number of hydrogen-bond acceptors (Lipinski definition) is 4. The van der Waals surface area contributed by atoms with Gasteiger partial charge in [0.05, 0.1) is 5.52 Å². The number of pyridine rings is 1. The van der Waals surface area contributed by atoms with Gasteiger partial charge in [-0.05, 0) is 56.9 Å². The summed E-state index contributed by atoms with van der Waals surface area (Å²) in [5.74, 6) is 1.09. The van der Waals surface area contributed by atoms with E-state index in [0.717, 1.165) is 11.3 Å². The highest BCUT2D eigenvalue weighted by atomic mass is 16.3. The maximum Gasteiger partial charge on any atom is 0.290 e. The first-order chi connectivity index (χ1) is 13.2. The molecule has 3 aromatic rings. The summed E-state index contributed by atoms with van der Waals surface area (Å²) in [7, 11) is 2.23. The number of likely N-dealkylation sites (tertiary alicyclic amines) is 1. The van der Waals surface area contributed by atoms with Crippen LogP contribution in [0.25, 0.3) is 22.3 Å². The van der Waals surface area contributed by atoms with Crippen molar-refractivity contribution in [1.82, 2.24) is 19.4 Å². The van der Waals surface area contributed by atoms with E-state index in [9.17, 15) is 0 Å². The average molecular weight is 364 g/mol. The normalized spacial score (nSPS) is 20.9. The lowest BCUT2D eigenvalue weighted by Crippen LogP contribution is -2.32. The van der Waals surface area contributed by atoms with Gasteiger partial charge < -0.3 is 14.6 Å². The van der Waals surface area contributed by atoms with E-state index < -0.39 is 0 Å². The van der Waals surface area contributed by atoms with E-state index >= 15 is 0 Å². The molecule has 1 aliphatic carbocycles. The Labute approximate surface area is 158 Å². The zero-order valence-corrected chi connectivity index (χ0v) is 15.5. The molecule has 6 heteroatoms. The number of fused-ring (bicyclic) bond motifs is 1. The smallest absolute Gasteiger partial charge is 0.290 e. The fraction of sp³-hybridized carbons (Fsp3) is 0.381. The van der Waals surface area contributed by atoms with Crippen LogP contribution in [0.4, 0.5) is 0 Å². The number of nitrogens with zero attached hydrogens (tertiary/aromatic N) is 4. The standard InChI is InChI=1S/C20H22N4.CH2O2/c1-23-10-6-20(7-11-23)14-18(20)24-12-9-22-19(24)16-5-4-15-3-2-8-21-17(15)13-16;2-1-3/h2-5,8-9,12-13,18H,6-7,10-11,14H2,1H3;1H,(H,2,3). The molecule has 0 bridgehead atoms. The molecule has 0 radical (unpaired) electrons. The minimum Gasteiger partial charge on any atom is -0.483 e. The summed E-state index contributed by atoms with van der Waals surface area (Å²) < 4.78 is 2.41. The highest BCUT2D eigenvalue weighted by Gasteiger charge is 2.56. The number of hydrogen-bond donors (Lipinski definition) is 1. The van der Waals surface area contributed by atoms with E-state index in [1.807, 2.05) is 18.5 Å². The zero-order valence-electron chi connectivity index (χ0n) is 15.5. The molecule has 5 rings (SSSR count). The Morgan fingerprint density at radius 1 is 1.19 bits per heavy atom. The Morgan fingerprint density at radius 3 is 2.74 bits per heavy atom. The first-order valence-electron chi connectivity index (χ1n) is 9.31. The molecule has 1 aromatic carbocycles. The fourth-order valence-corrected chi connectivity index (χ4v) is 4.31. The Kier molecular flexibility index (Phi) is 4.66. The predicted molar refractivity (Wildman–Crippen MR) is 104 cm³/mol. The molecule has 2 aromatic heterocycles. The van der Waals surface area contributed by atoms with Crippen molar-refractivity contribution in [3.05, 3.63) is 48.9 Å². The van der Waals surface area contributed by atoms with Gasteiger partial charge in [0.1, 0.15) is 5.82 Å². The Morgan fingerprint density at radius 2 is 1.96 bits per heavy atom. The minimum atomic E-state index is -0.250. The minimum absolute atomic E-state index is 0.250. The molecule has 3 heterocycles. The molecule has 1 saturated carbocycles. The van der Waals surface area contributed by atoms with Crippen LogP contribution in [0.2, 0.25) is 0 Å². The number of rotatable bonds is 2. The predicted octanol–water partition coefficient (Wildman–Crippen LogP) is 3.46. The van der Waals surface area contributed by atoms with E-state index in [0.29, 0.717) is 11.5 Å². The maximum atomic E-state index is 8.36. The monoisotopic (exact) mass is 364 g/mol. The van der Waals surface area contributed by atoms with Gasteiger partial charge in [0.15, 0.2) is 0 Å². The lowest BCUT2D eigenvalue weighted by molar-refractivity contribution is -0.122. The van der Waals surface area contributed by atoms with Gasteiger partial charge in [-0.25, -0.2) is 4.98 Å². The van der Waals surface area contributed by atoms with Gasteiger partial charge in [0, 0.05) is 35.6 Å². The first kappa shape index (κ1) is 17.7. The van der Waals surface area contributed by atoms with Gasteiger partial charge in [-0.3, -0.25) is 9.78 Å². The Hall–Kier alpha value is -2.73. The molecule has 1 unspecified atom stereocenters. The highest BCUT2D eigenvalue weighted by molar-refractivity contribution is 5.82. The van der Waals surface area contributed by atoms with Crippen molar-refractivity contribution in [2.45, 2.75) is 25.3 Å². The van der Waals surface area contributed by atoms with Crippen molar-refractivity contribution in [1.29, 1.82) is 0 Å². The van der Waals surface area contributed by atoms with Crippen molar-refractivity contribution in [2.75, 3.05) is 20.1 Å². The molecule has 1 saturated heterocycles. The van der Waals surface area contributed by atoms with E-state index in [2.05, 4.69) is 56.9 Å². The summed E-state index contributed by atoms with van der Waals surface area (Å²) in [4.78, 5) is 20.0. The molecule has 140 valence electrons. The van der Waals surface area contributed by atoms with Gasteiger partial charge in [-0.15, -0.1) is 0 Å². The summed E-state index contributed by atoms with van der Waals surface area (Å²) >= 11 is 0. The number of aromatic nitrogens is 3. The van der Waals surface area contributed by atoms with Crippen LogP contribution < -0.4 is 0 Å². The SMILES string of the molecule is CN1CCC2(CC1)CC2n1ccnc1-c1ccc2cccnc2c1.O=CO. The summed E-state index contributed by atoms with van der Waals surface area (Å²) in [6.07, 6.45) is 9.88. The fourth-order valence-electron chi connectivity index (χ4n) is 4.31. The first-order valence-corrected chi connectivity index (χ1v) is 9.31. The molecule has 2 fully saturated rings. The second-order valence-electron chi connectivity index (χ2n) is 7.56. The van der Waals surface area contributed by atoms with E-state index in [1.54, 1.807) is 0 Å². The second-order valence-corrected chi connectivity index (χ2v) is 7.56. The van der Waals surface area contributed by atoms with Crippen LogP contribution in [-0.4, -0.2) is 51.2 Å². The number of imidazole rings is 1. The molecule has 1 atom stereocenters. The topological polar surface area (TPSA) is 71.2 Å². The largest absolute Gasteiger partial charge is 0.483 e. The molecule has 6 nitrogen and oxygen atoms in total. The van der Waals surface area contributed by atoms with E-state index in [-0.39, 0.29) is 6.47 Å². The van der Waals surface area contributed by atoms with Crippen LogP contribution in [-0.2, 0) is 4.79 Å². The van der Waals surface area contributed by atoms with Crippen LogP contribution >= 0.6 is 0 Å². The van der Waals surface area contributed by atoms with Crippen LogP contribution in [0.3, 0.4) is 0 Å². The third kappa shape index (κ3) is 3.32. The zero-order chi connectivity index (χ0) is 18.9. The Bertz CT molecular complexity index is 944. The quantitative estimate of drug-likeness (QED) is 0.705. The Balaban J connectivity index is 0.000000565. The lowest BCUT2D eigenvalue weighted by atomic mass is 9.93. The molecule has 1 aliphatic heterocycles. The van der Waals surface area contributed by atoms with Gasteiger partial charge in [-0.1, -0.05) is 18.2 Å². The van der Waals surface area contributed by atoms with Crippen LogP contribution in [0.1, 0.15) is 25.3 Å². The second kappa shape index (κ2) is 7.12. The summed E-state index contributed by atoms with van der Waals surface area (Å²) in [5.41, 5.74) is 2.72. The van der Waals surface area contributed by atoms with E-state index in [4.69, 9.17) is 9.90 Å². The lowest BCUT2D eigenvalue weighted by Gasteiger charge is -2.30. The van der Waals surface area contributed by atoms with Crippen molar-refractivity contribution in [3.63, 3.8) is 0 Å². The van der Waals surface area contributed by atoms with Crippen LogP contribution in [0.15, 0.2) is 48.9 Å². The highest BCUT2D eigenvalue weighted by Crippen LogP contribution is 2.63. The molecule has 1 spiro atoms. The molecule has 2 aliphatic rings.